The van der Waals surface area contributed by atoms with Gasteiger partial charge < -0.3 is 10.6 Å². The fourth-order valence-electron chi connectivity index (χ4n) is 2.34. The molecular formula is C14H19FN2O. The van der Waals surface area contributed by atoms with Crippen molar-refractivity contribution in [1.82, 2.24) is 10.6 Å². The maximum Gasteiger partial charge on any atom is 0.225 e. The van der Waals surface area contributed by atoms with Crippen LogP contribution in [-0.4, -0.2) is 19.0 Å². The van der Waals surface area contributed by atoms with Crippen molar-refractivity contribution in [2.24, 2.45) is 11.8 Å². The first kappa shape index (κ1) is 13.0. The van der Waals surface area contributed by atoms with Crippen molar-refractivity contribution < 1.29 is 9.18 Å². The van der Waals surface area contributed by atoms with Crippen LogP contribution < -0.4 is 10.6 Å². The van der Waals surface area contributed by atoms with Crippen molar-refractivity contribution in [2.75, 3.05) is 13.1 Å². The van der Waals surface area contributed by atoms with E-state index in [4.69, 9.17) is 0 Å². The zero-order chi connectivity index (χ0) is 13.1. The predicted molar refractivity (Wildman–Crippen MR) is 68.5 cm³/mol. The fourth-order valence-corrected chi connectivity index (χ4v) is 2.34. The molecule has 98 valence electrons. The van der Waals surface area contributed by atoms with Gasteiger partial charge in [-0.2, -0.15) is 0 Å². The van der Waals surface area contributed by atoms with Crippen molar-refractivity contribution >= 4 is 5.91 Å². The Hall–Kier alpha value is -1.42. The van der Waals surface area contributed by atoms with E-state index < -0.39 is 0 Å². The van der Waals surface area contributed by atoms with Crippen LogP contribution in [0.15, 0.2) is 24.3 Å². The molecule has 0 radical (unpaired) electrons. The van der Waals surface area contributed by atoms with Crippen LogP contribution in [0.4, 0.5) is 4.39 Å². The molecule has 18 heavy (non-hydrogen) atoms. The normalized spacial score (nSPS) is 24.8. The first-order valence-corrected chi connectivity index (χ1v) is 6.34. The quantitative estimate of drug-likeness (QED) is 0.859. The number of hydrogen-bond acceptors (Lipinski definition) is 2. The maximum absolute atomic E-state index is 13.1. The molecule has 1 aromatic rings. The molecule has 4 heteroatoms. The lowest BCUT2D eigenvalue weighted by molar-refractivity contribution is -0.126. The van der Waals surface area contributed by atoms with E-state index in [9.17, 15) is 9.18 Å². The van der Waals surface area contributed by atoms with Gasteiger partial charge in [-0.1, -0.05) is 19.1 Å². The zero-order valence-corrected chi connectivity index (χ0v) is 10.7. The van der Waals surface area contributed by atoms with Gasteiger partial charge in [0.05, 0.1) is 12.0 Å². The van der Waals surface area contributed by atoms with E-state index in [1.165, 1.54) is 12.1 Å². The second-order valence-electron chi connectivity index (χ2n) is 5.03. The van der Waals surface area contributed by atoms with Crippen LogP contribution in [-0.2, 0) is 4.79 Å². The van der Waals surface area contributed by atoms with E-state index in [0.717, 1.165) is 18.7 Å². The summed E-state index contributed by atoms with van der Waals surface area (Å²) in [6.45, 7) is 5.55. The number of benzene rings is 1. The molecule has 1 aliphatic heterocycles. The highest BCUT2D eigenvalue weighted by atomic mass is 19.1. The molecule has 2 rings (SSSR count). The number of nitrogens with one attached hydrogen (secondary N) is 2. The molecule has 1 heterocycles. The minimum absolute atomic E-state index is 0.0148. The highest BCUT2D eigenvalue weighted by Crippen LogP contribution is 2.19. The largest absolute Gasteiger partial charge is 0.349 e. The van der Waals surface area contributed by atoms with E-state index in [2.05, 4.69) is 17.6 Å². The van der Waals surface area contributed by atoms with Crippen molar-refractivity contribution in [3.63, 3.8) is 0 Å². The van der Waals surface area contributed by atoms with Gasteiger partial charge in [0.1, 0.15) is 5.82 Å². The third-order valence-electron chi connectivity index (χ3n) is 3.56. The Balaban J connectivity index is 1.98. The lowest BCUT2D eigenvalue weighted by atomic mass is 9.96. The highest BCUT2D eigenvalue weighted by Gasteiger charge is 2.30. The molecule has 1 amide bonds. The summed E-state index contributed by atoms with van der Waals surface area (Å²) >= 11 is 0. The topological polar surface area (TPSA) is 41.1 Å². The van der Waals surface area contributed by atoms with E-state index >= 15 is 0 Å². The van der Waals surface area contributed by atoms with Gasteiger partial charge in [0.25, 0.3) is 0 Å². The SMILES string of the molecule is C[C@@H]1CNC[C@H]1C(=O)N[C@H](C)c1cccc(F)c1. The molecular weight excluding hydrogens is 231 g/mol. The minimum Gasteiger partial charge on any atom is -0.349 e. The van der Waals surface area contributed by atoms with Gasteiger partial charge in [-0.15, -0.1) is 0 Å². The Bertz CT molecular complexity index is 436. The highest BCUT2D eigenvalue weighted by molar-refractivity contribution is 5.80. The van der Waals surface area contributed by atoms with Gasteiger partial charge >= 0.3 is 0 Å². The molecule has 0 aromatic heterocycles. The summed E-state index contributed by atoms with van der Waals surface area (Å²) in [7, 11) is 0. The van der Waals surface area contributed by atoms with Crippen molar-refractivity contribution in [2.45, 2.75) is 19.9 Å². The summed E-state index contributed by atoms with van der Waals surface area (Å²) in [6.07, 6.45) is 0. The first-order valence-electron chi connectivity index (χ1n) is 6.34. The van der Waals surface area contributed by atoms with Gasteiger partial charge in [-0.3, -0.25) is 4.79 Å². The third kappa shape index (κ3) is 2.88. The van der Waals surface area contributed by atoms with Gasteiger partial charge in [0.2, 0.25) is 5.91 Å². The summed E-state index contributed by atoms with van der Waals surface area (Å²) in [6, 6.07) is 6.18. The van der Waals surface area contributed by atoms with Crippen LogP contribution in [0.3, 0.4) is 0 Å². The molecule has 0 unspecified atom stereocenters. The molecule has 1 saturated heterocycles. The molecule has 0 saturated carbocycles. The van der Waals surface area contributed by atoms with Gasteiger partial charge in [-0.05, 0) is 37.1 Å². The van der Waals surface area contributed by atoms with Crippen LogP contribution in [0.2, 0.25) is 0 Å². The summed E-state index contributed by atoms with van der Waals surface area (Å²) in [5.74, 6) is 0.138. The molecule has 3 atom stereocenters. The van der Waals surface area contributed by atoms with Crippen LogP contribution in [0.5, 0.6) is 0 Å². The van der Waals surface area contributed by atoms with Crippen LogP contribution in [0.1, 0.15) is 25.5 Å². The fraction of sp³-hybridized carbons (Fsp3) is 0.500. The molecule has 0 bridgehead atoms. The van der Waals surface area contributed by atoms with Crippen molar-refractivity contribution in [3.8, 4) is 0 Å². The number of carbonyl (C=O) groups is 1. The third-order valence-corrected chi connectivity index (χ3v) is 3.56. The van der Waals surface area contributed by atoms with Crippen molar-refractivity contribution in [3.05, 3.63) is 35.6 Å². The molecule has 3 nitrogen and oxygen atoms in total. The van der Waals surface area contributed by atoms with Crippen molar-refractivity contribution in [1.29, 1.82) is 0 Å². The van der Waals surface area contributed by atoms with Gasteiger partial charge in [0.15, 0.2) is 0 Å². The Morgan fingerprint density at radius 3 is 2.89 bits per heavy atom. The Labute approximate surface area is 107 Å². The second-order valence-corrected chi connectivity index (χ2v) is 5.03. The Morgan fingerprint density at radius 2 is 2.28 bits per heavy atom. The number of amides is 1. The first-order chi connectivity index (χ1) is 8.58. The Kier molecular flexibility index (Phi) is 3.97. The van der Waals surface area contributed by atoms with Gasteiger partial charge in [-0.25, -0.2) is 4.39 Å². The van der Waals surface area contributed by atoms with E-state index in [0.29, 0.717) is 5.92 Å². The summed E-state index contributed by atoms with van der Waals surface area (Å²) in [4.78, 5) is 12.1. The lowest BCUT2D eigenvalue weighted by Gasteiger charge is -2.19. The molecule has 1 aromatic carbocycles. The van der Waals surface area contributed by atoms with Crippen LogP contribution >= 0.6 is 0 Å². The summed E-state index contributed by atoms with van der Waals surface area (Å²) < 4.78 is 13.1. The van der Waals surface area contributed by atoms with E-state index in [1.807, 2.05) is 13.0 Å². The molecule has 1 aliphatic rings. The standard InChI is InChI=1S/C14H19FN2O/c1-9-7-16-8-13(9)14(18)17-10(2)11-4-3-5-12(15)6-11/h3-6,9-10,13,16H,7-8H2,1-2H3,(H,17,18)/t9-,10-,13-/m1/s1. The molecule has 2 N–H and O–H groups in total. The lowest BCUT2D eigenvalue weighted by Crippen LogP contribution is -2.35. The summed E-state index contributed by atoms with van der Waals surface area (Å²) in [5.41, 5.74) is 0.793. The monoisotopic (exact) mass is 250 g/mol. The summed E-state index contributed by atoms with van der Waals surface area (Å²) in [5, 5.41) is 6.15. The van der Waals surface area contributed by atoms with E-state index in [-0.39, 0.29) is 23.7 Å². The number of carbonyl (C=O) groups excluding carboxylic acids is 1. The Morgan fingerprint density at radius 1 is 1.50 bits per heavy atom. The number of hydrogen-bond donors (Lipinski definition) is 2. The average Bonchev–Trinajstić information content (AvgIpc) is 2.75. The number of rotatable bonds is 3. The van der Waals surface area contributed by atoms with Gasteiger partial charge in [0, 0.05) is 6.54 Å². The maximum atomic E-state index is 13.1. The van der Waals surface area contributed by atoms with E-state index in [1.54, 1.807) is 6.07 Å². The second kappa shape index (κ2) is 5.48. The predicted octanol–water partition coefficient (Wildman–Crippen LogP) is 1.86. The molecule has 0 aliphatic carbocycles. The number of halogens is 1. The van der Waals surface area contributed by atoms with Crippen LogP contribution in [0.25, 0.3) is 0 Å². The smallest absolute Gasteiger partial charge is 0.225 e. The van der Waals surface area contributed by atoms with Crippen LogP contribution in [0, 0.1) is 17.7 Å². The molecule has 1 fully saturated rings. The minimum atomic E-state index is -0.274. The molecule has 0 spiro atoms. The zero-order valence-electron chi connectivity index (χ0n) is 10.7. The average molecular weight is 250 g/mol.